The molecule has 3 aromatic carbocycles. The van der Waals surface area contributed by atoms with Gasteiger partial charge in [-0.25, -0.2) is 0 Å². The van der Waals surface area contributed by atoms with E-state index in [1.54, 1.807) is 0 Å². The van der Waals surface area contributed by atoms with Crippen LogP contribution in [0.1, 0.15) is 29.5 Å². The van der Waals surface area contributed by atoms with Crippen LogP contribution in [0.25, 0.3) is 10.8 Å². The molecule has 0 bridgehead atoms. The standard InChI is InChI=1S/C22H18IN/c23-15-11-12-21-20(13-15)17-8-4-10-19(17)22(24-21)18-9-3-6-14-5-1-2-7-16(14)18/h1-9,11-13,17,19,22,24H,10H2/t17-,19+,22+/m0/s1. The van der Waals surface area contributed by atoms with Gasteiger partial charge in [0.25, 0.3) is 0 Å². The van der Waals surface area contributed by atoms with E-state index in [2.05, 4.69) is 101 Å². The topological polar surface area (TPSA) is 12.0 Å². The predicted octanol–water partition coefficient (Wildman–Crippen LogP) is 6.27. The van der Waals surface area contributed by atoms with Crippen LogP contribution in [0.4, 0.5) is 5.69 Å². The monoisotopic (exact) mass is 423 g/mol. The van der Waals surface area contributed by atoms with Gasteiger partial charge in [0.05, 0.1) is 6.04 Å². The fourth-order valence-electron chi connectivity index (χ4n) is 4.39. The molecular formula is C22H18IN. The van der Waals surface area contributed by atoms with Gasteiger partial charge in [-0.1, -0.05) is 54.6 Å². The Kier molecular flexibility index (Phi) is 3.40. The lowest BCUT2D eigenvalue weighted by atomic mass is 9.76. The second-order valence-corrected chi connectivity index (χ2v) is 8.02. The van der Waals surface area contributed by atoms with E-state index >= 15 is 0 Å². The Morgan fingerprint density at radius 1 is 0.917 bits per heavy atom. The average Bonchev–Trinajstić information content (AvgIpc) is 3.11. The minimum Gasteiger partial charge on any atom is -0.378 e. The Balaban J connectivity index is 1.68. The van der Waals surface area contributed by atoms with Gasteiger partial charge in [-0.05, 0) is 75.0 Å². The molecule has 0 amide bonds. The summed E-state index contributed by atoms with van der Waals surface area (Å²) in [7, 11) is 0. The zero-order valence-electron chi connectivity index (χ0n) is 13.2. The number of anilines is 1. The molecule has 5 rings (SSSR count). The molecule has 0 saturated heterocycles. The van der Waals surface area contributed by atoms with Gasteiger partial charge >= 0.3 is 0 Å². The van der Waals surface area contributed by atoms with Crippen molar-refractivity contribution in [2.24, 2.45) is 5.92 Å². The maximum atomic E-state index is 3.86. The third kappa shape index (κ3) is 2.20. The van der Waals surface area contributed by atoms with E-state index in [-0.39, 0.29) is 0 Å². The summed E-state index contributed by atoms with van der Waals surface area (Å²) >= 11 is 2.42. The van der Waals surface area contributed by atoms with E-state index in [1.165, 1.54) is 31.2 Å². The number of hydrogen-bond acceptors (Lipinski definition) is 1. The van der Waals surface area contributed by atoms with Crippen molar-refractivity contribution in [1.82, 2.24) is 0 Å². The predicted molar refractivity (Wildman–Crippen MR) is 109 cm³/mol. The van der Waals surface area contributed by atoms with Crippen LogP contribution in [0.2, 0.25) is 0 Å². The molecule has 0 aromatic heterocycles. The van der Waals surface area contributed by atoms with E-state index in [1.807, 2.05) is 0 Å². The Morgan fingerprint density at radius 2 is 1.79 bits per heavy atom. The first-order valence-electron chi connectivity index (χ1n) is 8.51. The highest BCUT2D eigenvalue weighted by atomic mass is 127. The SMILES string of the molecule is Ic1ccc2c(c1)[C@H]1C=CC[C@H]1[C@@H](c1cccc3ccccc13)N2. The molecule has 2 heteroatoms. The van der Waals surface area contributed by atoms with Gasteiger partial charge in [0.2, 0.25) is 0 Å². The zero-order valence-corrected chi connectivity index (χ0v) is 15.4. The maximum absolute atomic E-state index is 3.86. The summed E-state index contributed by atoms with van der Waals surface area (Å²) < 4.78 is 1.32. The number of benzene rings is 3. The highest BCUT2D eigenvalue weighted by molar-refractivity contribution is 14.1. The van der Waals surface area contributed by atoms with Crippen LogP contribution < -0.4 is 5.32 Å². The molecule has 24 heavy (non-hydrogen) atoms. The molecule has 3 atom stereocenters. The summed E-state index contributed by atoms with van der Waals surface area (Å²) in [4.78, 5) is 0. The summed E-state index contributed by atoms with van der Waals surface area (Å²) in [5.74, 6) is 1.13. The van der Waals surface area contributed by atoms with Crippen molar-refractivity contribution >= 4 is 39.1 Å². The van der Waals surface area contributed by atoms with E-state index in [0.717, 1.165) is 6.42 Å². The van der Waals surface area contributed by atoms with Gasteiger partial charge in [-0.2, -0.15) is 0 Å². The maximum Gasteiger partial charge on any atom is 0.0560 e. The minimum atomic E-state index is 0.365. The molecular weight excluding hydrogens is 405 g/mol. The van der Waals surface area contributed by atoms with Crippen molar-refractivity contribution in [2.45, 2.75) is 18.4 Å². The van der Waals surface area contributed by atoms with Crippen molar-refractivity contribution in [3.05, 3.63) is 87.5 Å². The third-order valence-corrected chi connectivity index (χ3v) is 6.15. The van der Waals surface area contributed by atoms with Crippen molar-refractivity contribution in [3.8, 4) is 0 Å². The van der Waals surface area contributed by atoms with Crippen LogP contribution in [-0.4, -0.2) is 0 Å². The largest absolute Gasteiger partial charge is 0.378 e. The molecule has 1 aliphatic heterocycles. The van der Waals surface area contributed by atoms with Crippen LogP contribution >= 0.6 is 22.6 Å². The highest BCUT2D eigenvalue weighted by Gasteiger charge is 2.38. The number of rotatable bonds is 1. The fraction of sp³-hybridized carbons (Fsp3) is 0.182. The normalized spacial score (nSPS) is 24.5. The van der Waals surface area contributed by atoms with Gasteiger partial charge < -0.3 is 5.32 Å². The zero-order chi connectivity index (χ0) is 16.1. The lowest BCUT2D eigenvalue weighted by Gasteiger charge is -2.38. The quantitative estimate of drug-likeness (QED) is 0.359. The molecule has 1 nitrogen and oxygen atoms in total. The van der Waals surface area contributed by atoms with Crippen molar-refractivity contribution in [3.63, 3.8) is 0 Å². The van der Waals surface area contributed by atoms with Crippen LogP contribution in [-0.2, 0) is 0 Å². The molecule has 1 aliphatic carbocycles. The summed E-state index contributed by atoms with van der Waals surface area (Å²) in [6.07, 6.45) is 5.93. The highest BCUT2D eigenvalue weighted by Crippen LogP contribution is 2.50. The number of nitrogens with one attached hydrogen (secondary N) is 1. The summed E-state index contributed by atoms with van der Waals surface area (Å²) in [6.45, 7) is 0. The first kappa shape index (κ1) is 14.5. The van der Waals surface area contributed by atoms with E-state index < -0.39 is 0 Å². The summed E-state index contributed by atoms with van der Waals surface area (Å²) in [5.41, 5.74) is 4.18. The molecule has 2 aliphatic rings. The molecule has 1 heterocycles. The Hall–Kier alpha value is -1.81. The molecule has 0 unspecified atom stereocenters. The van der Waals surface area contributed by atoms with Crippen LogP contribution in [0, 0.1) is 9.49 Å². The second-order valence-electron chi connectivity index (χ2n) is 6.78. The van der Waals surface area contributed by atoms with Crippen LogP contribution in [0.3, 0.4) is 0 Å². The Bertz CT molecular complexity index is 954. The number of halogens is 1. The molecule has 118 valence electrons. The number of fused-ring (bicyclic) bond motifs is 4. The smallest absolute Gasteiger partial charge is 0.0560 e. The average molecular weight is 423 g/mol. The second kappa shape index (κ2) is 5.62. The summed E-state index contributed by atoms with van der Waals surface area (Å²) in [6, 6.07) is 22.6. The van der Waals surface area contributed by atoms with E-state index in [0.29, 0.717) is 17.9 Å². The Morgan fingerprint density at radius 3 is 2.75 bits per heavy atom. The minimum absolute atomic E-state index is 0.365. The van der Waals surface area contributed by atoms with Crippen molar-refractivity contribution < 1.29 is 0 Å². The molecule has 0 radical (unpaired) electrons. The van der Waals surface area contributed by atoms with Crippen LogP contribution in [0.5, 0.6) is 0 Å². The molecule has 0 spiro atoms. The van der Waals surface area contributed by atoms with Crippen molar-refractivity contribution in [2.75, 3.05) is 5.32 Å². The van der Waals surface area contributed by atoms with Crippen molar-refractivity contribution in [1.29, 1.82) is 0 Å². The summed E-state index contributed by atoms with van der Waals surface area (Å²) in [5, 5.41) is 6.56. The molecule has 0 saturated carbocycles. The van der Waals surface area contributed by atoms with Gasteiger partial charge in [0.1, 0.15) is 0 Å². The van der Waals surface area contributed by atoms with Gasteiger partial charge in [-0.3, -0.25) is 0 Å². The van der Waals surface area contributed by atoms with Gasteiger partial charge in [-0.15, -0.1) is 0 Å². The first-order valence-corrected chi connectivity index (χ1v) is 9.59. The Labute approximate surface area is 155 Å². The lowest BCUT2D eigenvalue weighted by molar-refractivity contribution is 0.427. The first-order chi connectivity index (χ1) is 11.8. The third-order valence-electron chi connectivity index (χ3n) is 5.48. The van der Waals surface area contributed by atoms with Gasteiger partial charge in [0, 0.05) is 15.2 Å². The molecule has 3 aromatic rings. The number of allylic oxidation sites excluding steroid dienone is 2. The van der Waals surface area contributed by atoms with E-state index in [9.17, 15) is 0 Å². The molecule has 1 N–H and O–H groups in total. The lowest BCUT2D eigenvalue weighted by Crippen LogP contribution is -2.29. The van der Waals surface area contributed by atoms with Crippen LogP contribution in [0.15, 0.2) is 72.8 Å². The van der Waals surface area contributed by atoms with Gasteiger partial charge in [0.15, 0.2) is 0 Å². The van der Waals surface area contributed by atoms with E-state index in [4.69, 9.17) is 0 Å². The molecule has 0 fully saturated rings. The number of hydrogen-bond donors (Lipinski definition) is 1. The fourth-order valence-corrected chi connectivity index (χ4v) is 4.91.